The lowest BCUT2D eigenvalue weighted by Gasteiger charge is -2.22. The van der Waals surface area contributed by atoms with E-state index < -0.39 is 0 Å². The second kappa shape index (κ2) is 4.78. The van der Waals surface area contributed by atoms with E-state index in [9.17, 15) is 4.79 Å². The molecular formula is C16H17BrO2. The Kier molecular flexibility index (Phi) is 3.25. The number of allylic oxidation sites excluding steroid dienone is 1. The Hall–Kier alpha value is -1.09. The zero-order valence-electron chi connectivity index (χ0n) is 11.2. The number of aryl methyl sites for hydroxylation is 2. The number of hydrogen-bond acceptors (Lipinski definition) is 2. The van der Waals surface area contributed by atoms with E-state index in [1.807, 2.05) is 0 Å². The van der Waals surface area contributed by atoms with Crippen LogP contribution in [0.2, 0.25) is 0 Å². The molecular weight excluding hydrogens is 304 g/mol. The number of cyclic esters (lactones) is 1. The summed E-state index contributed by atoms with van der Waals surface area (Å²) in [5.74, 6) is 1.42. The van der Waals surface area contributed by atoms with Gasteiger partial charge in [-0.15, -0.1) is 0 Å². The molecule has 3 rings (SSSR count). The van der Waals surface area contributed by atoms with Crippen molar-refractivity contribution >= 4 is 28.0 Å². The van der Waals surface area contributed by atoms with Crippen LogP contribution in [0, 0.1) is 25.7 Å². The molecule has 19 heavy (non-hydrogen) atoms. The van der Waals surface area contributed by atoms with Gasteiger partial charge in [-0.2, -0.15) is 0 Å². The Balaban J connectivity index is 2.00. The molecule has 1 aromatic rings. The van der Waals surface area contributed by atoms with Crippen LogP contribution >= 0.6 is 15.9 Å². The first-order valence-electron chi connectivity index (χ1n) is 6.74. The number of halogens is 1. The van der Waals surface area contributed by atoms with Gasteiger partial charge in [0.05, 0.1) is 5.92 Å². The van der Waals surface area contributed by atoms with Crippen LogP contribution in [-0.2, 0) is 9.53 Å². The Morgan fingerprint density at radius 3 is 2.53 bits per heavy atom. The van der Waals surface area contributed by atoms with Crippen LogP contribution in [0.25, 0.3) is 6.08 Å². The monoisotopic (exact) mass is 320 g/mol. The quantitative estimate of drug-likeness (QED) is 0.718. The molecule has 0 aromatic heterocycles. The number of rotatable bonds is 1. The molecule has 1 aliphatic heterocycles. The Labute approximate surface area is 122 Å². The van der Waals surface area contributed by atoms with Gasteiger partial charge in [-0.25, -0.2) is 0 Å². The van der Waals surface area contributed by atoms with E-state index in [1.54, 1.807) is 0 Å². The molecule has 2 bridgehead atoms. The van der Waals surface area contributed by atoms with Gasteiger partial charge in [-0.05, 0) is 68.0 Å². The van der Waals surface area contributed by atoms with Gasteiger partial charge in [-0.1, -0.05) is 15.9 Å². The van der Waals surface area contributed by atoms with Gasteiger partial charge in [0.1, 0.15) is 5.76 Å². The van der Waals surface area contributed by atoms with Crippen molar-refractivity contribution in [3.63, 3.8) is 0 Å². The number of fused-ring (bicyclic) bond motifs is 2. The molecule has 0 spiro atoms. The molecule has 0 radical (unpaired) electrons. The number of ether oxygens (including phenoxy) is 1. The van der Waals surface area contributed by atoms with E-state index in [-0.39, 0.29) is 11.9 Å². The highest BCUT2D eigenvalue weighted by atomic mass is 79.9. The third-order valence-corrected chi connectivity index (χ3v) is 4.69. The van der Waals surface area contributed by atoms with E-state index in [0.717, 1.165) is 29.5 Å². The summed E-state index contributed by atoms with van der Waals surface area (Å²) in [6.45, 7) is 4.18. The second-order valence-electron chi connectivity index (χ2n) is 5.63. The van der Waals surface area contributed by atoms with Crippen molar-refractivity contribution in [2.24, 2.45) is 11.8 Å². The molecule has 2 atom stereocenters. The number of carbonyl (C=O) groups is 1. The molecule has 1 saturated carbocycles. The highest BCUT2D eigenvalue weighted by Gasteiger charge is 2.39. The third kappa shape index (κ3) is 2.36. The van der Waals surface area contributed by atoms with Gasteiger partial charge in [0, 0.05) is 10.4 Å². The molecule has 2 nitrogen and oxygen atoms in total. The fourth-order valence-corrected chi connectivity index (χ4v) is 3.86. The van der Waals surface area contributed by atoms with Gasteiger partial charge < -0.3 is 4.74 Å². The summed E-state index contributed by atoms with van der Waals surface area (Å²) in [6, 6.07) is 4.20. The SMILES string of the molecule is Cc1cc(Br)cc(C)c1/C=C1\OC(=O)C2CCC1C2. The largest absolute Gasteiger partial charge is 0.431 e. The van der Waals surface area contributed by atoms with Crippen LogP contribution < -0.4 is 0 Å². The predicted molar refractivity (Wildman–Crippen MR) is 78.5 cm³/mol. The van der Waals surface area contributed by atoms with Crippen molar-refractivity contribution in [1.82, 2.24) is 0 Å². The maximum absolute atomic E-state index is 11.8. The molecule has 2 unspecified atom stereocenters. The summed E-state index contributed by atoms with van der Waals surface area (Å²) in [5.41, 5.74) is 3.59. The summed E-state index contributed by atoms with van der Waals surface area (Å²) >= 11 is 3.51. The molecule has 100 valence electrons. The summed E-state index contributed by atoms with van der Waals surface area (Å²) < 4.78 is 6.62. The van der Waals surface area contributed by atoms with E-state index in [1.165, 1.54) is 16.7 Å². The highest BCUT2D eigenvalue weighted by Crippen LogP contribution is 2.42. The zero-order chi connectivity index (χ0) is 13.6. The summed E-state index contributed by atoms with van der Waals surface area (Å²) in [4.78, 5) is 11.8. The Bertz CT molecular complexity index is 551. The minimum absolute atomic E-state index is 0.0348. The maximum atomic E-state index is 11.8. The van der Waals surface area contributed by atoms with Gasteiger partial charge in [0.15, 0.2) is 0 Å². The molecule has 1 aromatic carbocycles. The van der Waals surface area contributed by atoms with Gasteiger partial charge in [-0.3, -0.25) is 4.79 Å². The zero-order valence-corrected chi connectivity index (χ0v) is 12.8. The molecule has 1 heterocycles. The number of esters is 1. The first kappa shape index (κ1) is 12.9. The van der Waals surface area contributed by atoms with Gasteiger partial charge >= 0.3 is 5.97 Å². The van der Waals surface area contributed by atoms with E-state index in [0.29, 0.717) is 5.92 Å². The lowest BCUT2D eigenvalue weighted by atomic mass is 9.96. The second-order valence-corrected chi connectivity index (χ2v) is 6.54. The van der Waals surface area contributed by atoms with E-state index in [2.05, 4.69) is 48.0 Å². The van der Waals surface area contributed by atoms with Crippen molar-refractivity contribution in [2.45, 2.75) is 33.1 Å². The fourth-order valence-electron chi connectivity index (χ4n) is 3.18. The molecule has 1 saturated heterocycles. The van der Waals surface area contributed by atoms with Crippen LogP contribution in [-0.4, -0.2) is 5.97 Å². The average molecular weight is 321 g/mol. The summed E-state index contributed by atoms with van der Waals surface area (Å²) in [5, 5.41) is 0. The number of hydrogen-bond donors (Lipinski definition) is 0. The average Bonchev–Trinajstić information content (AvgIpc) is 2.76. The van der Waals surface area contributed by atoms with Crippen LogP contribution in [0.3, 0.4) is 0 Å². The van der Waals surface area contributed by atoms with E-state index >= 15 is 0 Å². The fraction of sp³-hybridized carbons (Fsp3) is 0.438. The topological polar surface area (TPSA) is 26.3 Å². The number of benzene rings is 1. The third-order valence-electron chi connectivity index (χ3n) is 4.23. The maximum Gasteiger partial charge on any atom is 0.314 e. The first-order valence-corrected chi connectivity index (χ1v) is 7.54. The molecule has 0 amide bonds. The van der Waals surface area contributed by atoms with Crippen molar-refractivity contribution in [2.75, 3.05) is 0 Å². The molecule has 1 aliphatic carbocycles. The van der Waals surface area contributed by atoms with Crippen molar-refractivity contribution in [1.29, 1.82) is 0 Å². The predicted octanol–water partition coefficient (Wildman–Crippen LogP) is 4.38. The normalized spacial score (nSPS) is 27.7. The minimum Gasteiger partial charge on any atom is -0.431 e. The van der Waals surface area contributed by atoms with Crippen LogP contribution in [0.15, 0.2) is 22.4 Å². The summed E-state index contributed by atoms with van der Waals surface area (Å²) in [6.07, 6.45) is 5.11. The van der Waals surface area contributed by atoms with Crippen molar-refractivity contribution < 1.29 is 9.53 Å². The standard InChI is InChI=1S/C16H17BrO2/c1-9-5-13(17)6-10(2)14(9)8-15-11-3-4-12(7-11)16(18)19-15/h5-6,8,11-12H,3-4,7H2,1-2H3/b15-8-. The van der Waals surface area contributed by atoms with Crippen LogP contribution in [0.5, 0.6) is 0 Å². The van der Waals surface area contributed by atoms with Crippen LogP contribution in [0.4, 0.5) is 0 Å². The molecule has 3 heteroatoms. The highest BCUT2D eigenvalue weighted by molar-refractivity contribution is 9.10. The summed E-state index contributed by atoms with van der Waals surface area (Å²) in [7, 11) is 0. The van der Waals surface area contributed by atoms with Crippen LogP contribution in [0.1, 0.15) is 36.0 Å². The molecule has 0 N–H and O–H groups in total. The Morgan fingerprint density at radius 1 is 1.21 bits per heavy atom. The van der Waals surface area contributed by atoms with Crippen molar-refractivity contribution in [3.8, 4) is 0 Å². The lowest BCUT2D eigenvalue weighted by Crippen LogP contribution is -2.22. The first-order chi connectivity index (χ1) is 9.04. The minimum atomic E-state index is -0.0348. The molecule has 2 fully saturated rings. The van der Waals surface area contributed by atoms with E-state index in [4.69, 9.17) is 4.74 Å². The molecule has 2 aliphatic rings. The smallest absolute Gasteiger partial charge is 0.314 e. The lowest BCUT2D eigenvalue weighted by molar-refractivity contribution is -0.146. The van der Waals surface area contributed by atoms with Crippen molar-refractivity contribution in [3.05, 3.63) is 39.1 Å². The van der Waals surface area contributed by atoms with Gasteiger partial charge in [0.2, 0.25) is 0 Å². The van der Waals surface area contributed by atoms with Gasteiger partial charge in [0.25, 0.3) is 0 Å². The number of carbonyl (C=O) groups excluding carboxylic acids is 1. The Morgan fingerprint density at radius 2 is 1.84 bits per heavy atom.